The summed E-state index contributed by atoms with van der Waals surface area (Å²) in [7, 11) is -4.05. The topological polar surface area (TPSA) is 112 Å². The lowest BCUT2D eigenvalue weighted by Gasteiger charge is -2.09. The van der Waals surface area contributed by atoms with Crippen molar-refractivity contribution >= 4 is 15.7 Å². The van der Waals surface area contributed by atoms with Crippen molar-refractivity contribution < 1.29 is 8.42 Å². The molecule has 100 valence electrons. The second-order valence-electron chi connectivity index (χ2n) is 3.86. The van der Waals surface area contributed by atoms with Gasteiger partial charge in [-0.3, -0.25) is 14.5 Å². The first-order valence-corrected chi connectivity index (χ1v) is 6.79. The van der Waals surface area contributed by atoms with Gasteiger partial charge in [0.1, 0.15) is 0 Å². The van der Waals surface area contributed by atoms with Crippen LogP contribution in [0.15, 0.2) is 44.9 Å². The number of aryl methyl sites for hydroxylation is 1. The minimum Gasteiger partial charge on any atom is -0.313 e. The molecule has 0 spiro atoms. The quantitative estimate of drug-likeness (QED) is 0.744. The van der Waals surface area contributed by atoms with Gasteiger partial charge in [0, 0.05) is 6.20 Å². The maximum Gasteiger partial charge on any atom is 0.325 e. The van der Waals surface area contributed by atoms with Crippen LogP contribution in [0.25, 0.3) is 0 Å². The predicted octanol–water partition coefficient (Wildman–Crippen LogP) is 0.172. The highest BCUT2D eigenvalue weighted by Crippen LogP contribution is 2.16. The fraction of sp³-hybridized carbons (Fsp3) is 0.0909. The first-order chi connectivity index (χ1) is 8.90. The molecule has 0 aliphatic carbocycles. The monoisotopic (exact) mass is 281 g/mol. The minimum atomic E-state index is -4.05. The first-order valence-electron chi connectivity index (χ1n) is 5.30. The third-order valence-electron chi connectivity index (χ3n) is 2.46. The molecule has 1 heterocycles. The molecule has 3 N–H and O–H groups in total. The van der Waals surface area contributed by atoms with Crippen LogP contribution in [0.2, 0.25) is 0 Å². The number of nitrogens with one attached hydrogen (secondary N) is 3. The lowest BCUT2D eigenvalue weighted by atomic mass is 10.2. The smallest absolute Gasteiger partial charge is 0.313 e. The Morgan fingerprint density at radius 1 is 1.16 bits per heavy atom. The van der Waals surface area contributed by atoms with E-state index in [1.165, 1.54) is 0 Å². The van der Waals surface area contributed by atoms with E-state index in [1.54, 1.807) is 31.2 Å². The Labute approximate surface area is 108 Å². The molecule has 0 bridgehead atoms. The molecule has 1 aromatic heterocycles. The largest absolute Gasteiger partial charge is 0.325 e. The zero-order valence-electron chi connectivity index (χ0n) is 9.93. The highest BCUT2D eigenvalue weighted by molar-refractivity contribution is 7.92. The number of rotatable bonds is 3. The molecule has 0 aliphatic rings. The Morgan fingerprint density at radius 3 is 2.47 bits per heavy atom. The molecule has 2 rings (SSSR count). The second kappa shape index (κ2) is 4.73. The number of benzene rings is 1. The number of para-hydroxylation sites is 1. The normalized spacial score (nSPS) is 11.2. The zero-order valence-corrected chi connectivity index (χ0v) is 10.7. The van der Waals surface area contributed by atoms with E-state index in [0.29, 0.717) is 11.3 Å². The molecular formula is C11H11N3O4S. The molecule has 0 radical (unpaired) electrons. The summed E-state index contributed by atoms with van der Waals surface area (Å²) in [5.41, 5.74) is -0.648. The Kier molecular flexibility index (Phi) is 3.26. The van der Waals surface area contributed by atoms with Crippen molar-refractivity contribution in [2.45, 2.75) is 11.8 Å². The summed E-state index contributed by atoms with van der Waals surface area (Å²) >= 11 is 0. The summed E-state index contributed by atoms with van der Waals surface area (Å²) in [6.45, 7) is 1.73. The van der Waals surface area contributed by atoms with E-state index in [2.05, 4.69) is 9.71 Å². The van der Waals surface area contributed by atoms with Crippen LogP contribution in [0, 0.1) is 6.92 Å². The van der Waals surface area contributed by atoms with Crippen LogP contribution in [0.3, 0.4) is 0 Å². The molecule has 1 aromatic carbocycles. The average molecular weight is 281 g/mol. The van der Waals surface area contributed by atoms with Crippen molar-refractivity contribution in [3.05, 3.63) is 56.9 Å². The predicted molar refractivity (Wildman–Crippen MR) is 69.7 cm³/mol. The van der Waals surface area contributed by atoms with Crippen molar-refractivity contribution in [1.82, 2.24) is 9.97 Å². The Hall–Kier alpha value is -2.35. The van der Waals surface area contributed by atoms with Crippen molar-refractivity contribution in [3.63, 3.8) is 0 Å². The van der Waals surface area contributed by atoms with Gasteiger partial charge in [-0.2, -0.15) is 0 Å². The molecule has 0 unspecified atom stereocenters. The van der Waals surface area contributed by atoms with Crippen LogP contribution >= 0.6 is 0 Å². The summed E-state index contributed by atoms with van der Waals surface area (Å²) in [5.74, 6) is 0. The van der Waals surface area contributed by atoms with Gasteiger partial charge in [-0.15, -0.1) is 0 Å². The summed E-state index contributed by atoms with van der Waals surface area (Å²) in [6, 6.07) is 6.74. The SMILES string of the molecule is Cc1ccccc1NS(=O)(=O)c1c[nH]c(=O)[nH]c1=O. The van der Waals surface area contributed by atoms with Gasteiger partial charge in [-0.25, -0.2) is 13.2 Å². The highest BCUT2D eigenvalue weighted by atomic mass is 32.2. The van der Waals surface area contributed by atoms with Gasteiger partial charge in [-0.05, 0) is 18.6 Å². The van der Waals surface area contributed by atoms with Crippen molar-refractivity contribution in [2.75, 3.05) is 4.72 Å². The Morgan fingerprint density at radius 2 is 1.84 bits per heavy atom. The molecule has 0 atom stereocenters. The fourth-order valence-electron chi connectivity index (χ4n) is 1.48. The molecule has 8 heteroatoms. The molecule has 7 nitrogen and oxygen atoms in total. The molecule has 19 heavy (non-hydrogen) atoms. The number of anilines is 1. The van der Waals surface area contributed by atoms with E-state index < -0.39 is 26.2 Å². The van der Waals surface area contributed by atoms with Gasteiger partial charge in [0.25, 0.3) is 15.6 Å². The number of aromatic amines is 2. The third kappa shape index (κ3) is 2.74. The number of aromatic nitrogens is 2. The third-order valence-corrected chi connectivity index (χ3v) is 3.84. The van der Waals surface area contributed by atoms with Crippen LogP contribution in [0.4, 0.5) is 5.69 Å². The Bertz CT molecular complexity index is 820. The standard InChI is InChI=1S/C11H11N3O4S/c1-7-4-2-3-5-8(7)14-19(17,18)9-6-12-11(16)13-10(9)15/h2-6,14H,1H3,(H2,12,13,15,16). The maximum absolute atomic E-state index is 12.0. The lowest BCUT2D eigenvalue weighted by molar-refractivity contribution is 0.599. The molecule has 2 aromatic rings. The van der Waals surface area contributed by atoms with E-state index >= 15 is 0 Å². The summed E-state index contributed by atoms with van der Waals surface area (Å²) in [5, 5.41) is 0. The van der Waals surface area contributed by atoms with Crippen molar-refractivity contribution in [3.8, 4) is 0 Å². The number of H-pyrrole nitrogens is 2. The molecule has 0 aliphatic heterocycles. The van der Waals surface area contributed by atoms with Gasteiger partial charge in [0.05, 0.1) is 5.69 Å². The number of sulfonamides is 1. The van der Waals surface area contributed by atoms with Gasteiger partial charge >= 0.3 is 5.69 Å². The number of hydrogen-bond acceptors (Lipinski definition) is 4. The van der Waals surface area contributed by atoms with E-state index in [1.807, 2.05) is 4.98 Å². The van der Waals surface area contributed by atoms with E-state index in [0.717, 1.165) is 6.20 Å². The zero-order chi connectivity index (χ0) is 14.0. The van der Waals surface area contributed by atoms with Gasteiger partial charge in [0.2, 0.25) is 0 Å². The van der Waals surface area contributed by atoms with Gasteiger partial charge in [0.15, 0.2) is 4.90 Å². The van der Waals surface area contributed by atoms with E-state index in [9.17, 15) is 18.0 Å². The molecule has 0 saturated carbocycles. The van der Waals surface area contributed by atoms with Crippen molar-refractivity contribution in [2.24, 2.45) is 0 Å². The summed E-state index contributed by atoms with van der Waals surface area (Å²) < 4.78 is 26.4. The fourth-order valence-corrected chi connectivity index (χ4v) is 2.62. The maximum atomic E-state index is 12.0. The van der Waals surface area contributed by atoms with E-state index in [4.69, 9.17) is 0 Å². The highest BCUT2D eigenvalue weighted by Gasteiger charge is 2.19. The van der Waals surface area contributed by atoms with Crippen LogP contribution < -0.4 is 16.0 Å². The summed E-state index contributed by atoms with van der Waals surface area (Å²) in [6.07, 6.45) is 0.863. The Balaban J connectivity index is 2.47. The molecule has 0 fully saturated rings. The first kappa shape index (κ1) is 13.1. The molecule has 0 saturated heterocycles. The summed E-state index contributed by atoms with van der Waals surface area (Å²) in [4.78, 5) is 25.8. The minimum absolute atomic E-state index is 0.369. The van der Waals surface area contributed by atoms with Gasteiger partial charge in [-0.1, -0.05) is 18.2 Å². The van der Waals surface area contributed by atoms with Gasteiger partial charge < -0.3 is 4.98 Å². The number of hydrogen-bond donors (Lipinski definition) is 3. The van der Waals surface area contributed by atoms with Crippen LogP contribution in [0.5, 0.6) is 0 Å². The average Bonchev–Trinajstić information content (AvgIpc) is 2.31. The molecular weight excluding hydrogens is 270 g/mol. The van der Waals surface area contributed by atoms with Crippen molar-refractivity contribution in [1.29, 1.82) is 0 Å². The van der Waals surface area contributed by atoms with Crippen LogP contribution in [-0.2, 0) is 10.0 Å². The second-order valence-corrected chi connectivity index (χ2v) is 5.51. The lowest BCUT2D eigenvalue weighted by Crippen LogP contribution is -2.29. The van der Waals surface area contributed by atoms with Crippen LogP contribution in [0.1, 0.15) is 5.56 Å². The van der Waals surface area contributed by atoms with Crippen LogP contribution in [-0.4, -0.2) is 18.4 Å². The van der Waals surface area contributed by atoms with E-state index in [-0.39, 0.29) is 0 Å². The molecule has 0 amide bonds.